The van der Waals surface area contributed by atoms with Gasteiger partial charge in [-0.2, -0.15) is 0 Å². The summed E-state index contributed by atoms with van der Waals surface area (Å²) in [7, 11) is 0. The number of nitrogens with two attached hydrogens (primary N) is 1. The first-order valence-electron chi connectivity index (χ1n) is 5.18. The van der Waals surface area contributed by atoms with Crippen molar-refractivity contribution in [2.75, 3.05) is 19.8 Å². The maximum absolute atomic E-state index is 7.15. The van der Waals surface area contributed by atoms with E-state index in [1.54, 1.807) is 0 Å². The summed E-state index contributed by atoms with van der Waals surface area (Å²) in [5, 5.41) is 19.0. The summed E-state index contributed by atoms with van der Waals surface area (Å²) < 4.78 is 4.72. The van der Waals surface area contributed by atoms with Gasteiger partial charge in [0, 0.05) is 19.8 Å². The lowest BCUT2D eigenvalue weighted by atomic mass is 10.3. The normalized spacial score (nSPS) is 12.1. The fourth-order valence-electron chi connectivity index (χ4n) is 0.713. The quantitative estimate of drug-likeness (QED) is 0.288. The summed E-state index contributed by atoms with van der Waals surface area (Å²) in [5.74, 6) is -0.120. The molecule has 1 rings (SSSR count). The Bertz CT molecular complexity index is 192. The first-order valence-corrected chi connectivity index (χ1v) is 5.18. The predicted octanol–water partition coefficient (Wildman–Crippen LogP) is 0.622. The number of halogens is 1. The number of guanidine groups is 2. The Labute approximate surface area is 103 Å². The largest absolute Gasteiger partial charge is 0.381 e. The zero-order valence-electron chi connectivity index (χ0n) is 9.64. The number of hydrogen-bond acceptors (Lipinski definition) is 3. The molecule has 0 aliphatic carbocycles. The van der Waals surface area contributed by atoms with E-state index in [0.717, 1.165) is 32.6 Å². The van der Waals surface area contributed by atoms with Crippen molar-refractivity contribution in [2.24, 2.45) is 5.73 Å². The molecule has 0 radical (unpaired) electrons. The van der Waals surface area contributed by atoms with Crippen LogP contribution < -0.4 is 16.4 Å². The highest BCUT2D eigenvalue weighted by Crippen LogP contribution is 1.93. The maximum Gasteiger partial charge on any atom is 0.195 e. The number of ether oxygens (including phenoxy) is 1. The highest BCUT2D eigenvalue weighted by Gasteiger charge is 1.94. The van der Waals surface area contributed by atoms with Crippen LogP contribution in [0.1, 0.15) is 26.2 Å². The minimum Gasteiger partial charge on any atom is -0.381 e. The van der Waals surface area contributed by atoms with E-state index in [1.165, 1.54) is 6.42 Å². The molecule has 6 nitrogen and oxygen atoms in total. The van der Waals surface area contributed by atoms with Gasteiger partial charge in [0.15, 0.2) is 11.9 Å². The number of nitrogens with one attached hydrogen (secondary N) is 4. The minimum absolute atomic E-state index is 0. The van der Waals surface area contributed by atoms with E-state index in [2.05, 4.69) is 17.6 Å². The summed E-state index contributed by atoms with van der Waals surface area (Å²) in [6, 6.07) is 0. The Balaban J connectivity index is 0. The fourth-order valence-corrected chi connectivity index (χ4v) is 0.713. The smallest absolute Gasteiger partial charge is 0.195 e. The van der Waals surface area contributed by atoms with Crippen LogP contribution >= 0.6 is 12.4 Å². The molecule has 0 amide bonds. The van der Waals surface area contributed by atoms with E-state index >= 15 is 0 Å². The van der Waals surface area contributed by atoms with Crippen molar-refractivity contribution in [2.45, 2.75) is 26.2 Å². The van der Waals surface area contributed by atoms with Gasteiger partial charge in [-0.15, -0.1) is 12.4 Å². The molecular weight excluding hydrogens is 230 g/mol. The van der Waals surface area contributed by atoms with Gasteiger partial charge in [-0.1, -0.05) is 13.3 Å². The summed E-state index contributed by atoms with van der Waals surface area (Å²) in [5.41, 5.74) is 4.99. The first kappa shape index (κ1) is 17.4. The molecule has 1 aliphatic rings. The van der Waals surface area contributed by atoms with E-state index < -0.39 is 0 Å². The summed E-state index contributed by atoms with van der Waals surface area (Å²) in [6.45, 7) is 4.82. The standard InChI is InChI=1S/C6H15N5.C3H6O.ClH/c1-2-3-4-10-6(9)11-5(7)8;1-2-4-3-1;/h2-4H2,1H3,(H6,7,8,9,10,11);1-3H2;1H. The van der Waals surface area contributed by atoms with E-state index in [1.807, 2.05) is 0 Å². The molecule has 0 aromatic heterocycles. The number of rotatable bonds is 3. The van der Waals surface area contributed by atoms with Crippen LogP contribution in [0.25, 0.3) is 0 Å². The van der Waals surface area contributed by atoms with Crippen LogP contribution in [0.2, 0.25) is 0 Å². The Kier molecular flexibility index (Phi) is 13.1. The number of hydrogen-bond donors (Lipinski definition) is 5. The molecule has 0 unspecified atom stereocenters. The van der Waals surface area contributed by atoms with Gasteiger partial charge in [0.25, 0.3) is 0 Å². The van der Waals surface area contributed by atoms with Crippen molar-refractivity contribution in [3.05, 3.63) is 0 Å². The van der Waals surface area contributed by atoms with Crippen LogP contribution in [0.5, 0.6) is 0 Å². The van der Waals surface area contributed by atoms with Crippen LogP contribution in [0.15, 0.2) is 0 Å². The topological polar surface area (TPSA) is 107 Å². The van der Waals surface area contributed by atoms with Crippen molar-refractivity contribution in [3.8, 4) is 0 Å². The van der Waals surface area contributed by atoms with Crippen molar-refractivity contribution in [1.29, 1.82) is 10.8 Å². The molecule has 1 saturated heterocycles. The molecule has 1 heterocycles. The van der Waals surface area contributed by atoms with E-state index in [9.17, 15) is 0 Å². The zero-order chi connectivity index (χ0) is 11.5. The van der Waals surface area contributed by atoms with E-state index in [4.69, 9.17) is 21.3 Å². The average Bonchev–Trinajstić information content (AvgIpc) is 1.99. The predicted molar refractivity (Wildman–Crippen MR) is 68.4 cm³/mol. The van der Waals surface area contributed by atoms with Gasteiger partial charge in [0.05, 0.1) is 0 Å². The van der Waals surface area contributed by atoms with E-state index in [0.29, 0.717) is 0 Å². The minimum atomic E-state index is -0.209. The molecule has 0 aromatic rings. The van der Waals surface area contributed by atoms with Gasteiger partial charge in [-0.05, 0) is 12.8 Å². The first-order chi connectivity index (χ1) is 7.16. The molecule has 0 atom stereocenters. The summed E-state index contributed by atoms with van der Waals surface area (Å²) in [4.78, 5) is 0. The van der Waals surface area contributed by atoms with Crippen LogP contribution in [0.4, 0.5) is 0 Å². The molecule has 0 aromatic carbocycles. The zero-order valence-corrected chi connectivity index (χ0v) is 10.5. The Morgan fingerprint density at radius 3 is 2.19 bits per heavy atom. The lowest BCUT2D eigenvalue weighted by Gasteiger charge is -2.09. The third-order valence-corrected chi connectivity index (χ3v) is 1.67. The number of unbranched alkanes of at least 4 members (excludes halogenated alkanes) is 1. The Hall–Kier alpha value is -1.01. The van der Waals surface area contributed by atoms with Crippen LogP contribution in [0.3, 0.4) is 0 Å². The molecule has 6 N–H and O–H groups in total. The maximum atomic E-state index is 7.15. The lowest BCUT2D eigenvalue weighted by molar-refractivity contribution is 0.0367. The van der Waals surface area contributed by atoms with E-state index in [-0.39, 0.29) is 24.3 Å². The third kappa shape index (κ3) is 13.0. The molecular formula is C9H22ClN5O. The highest BCUT2D eigenvalue weighted by molar-refractivity contribution is 5.94. The monoisotopic (exact) mass is 251 g/mol. The molecule has 16 heavy (non-hydrogen) atoms. The van der Waals surface area contributed by atoms with Crippen molar-refractivity contribution in [1.82, 2.24) is 10.6 Å². The molecule has 96 valence electrons. The molecule has 0 saturated carbocycles. The summed E-state index contributed by atoms with van der Waals surface area (Å²) >= 11 is 0. The fraction of sp³-hybridized carbons (Fsp3) is 0.778. The van der Waals surface area contributed by atoms with Gasteiger partial charge in [-0.25, -0.2) is 0 Å². The van der Waals surface area contributed by atoms with Gasteiger partial charge >= 0.3 is 0 Å². The van der Waals surface area contributed by atoms with Crippen molar-refractivity contribution in [3.63, 3.8) is 0 Å². The second-order valence-corrected chi connectivity index (χ2v) is 3.16. The van der Waals surface area contributed by atoms with Gasteiger partial charge in [0.1, 0.15) is 0 Å². The molecule has 1 aliphatic heterocycles. The van der Waals surface area contributed by atoms with Crippen LogP contribution in [0, 0.1) is 10.8 Å². The van der Waals surface area contributed by atoms with Gasteiger partial charge < -0.3 is 15.8 Å². The lowest BCUT2D eigenvalue weighted by Crippen LogP contribution is -2.43. The molecule has 0 spiro atoms. The Morgan fingerprint density at radius 1 is 1.38 bits per heavy atom. The van der Waals surface area contributed by atoms with Crippen LogP contribution in [-0.4, -0.2) is 31.7 Å². The van der Waals surface area contributed by atoms with Crippen LogP contribution in [-0.2, 0) is 4.74 Å². The third-order valence-electron chi connectivity index (χ3n) is 1.67. The second-order valence-electron chi connectivity index (χ2n) is 3.16. The summed E-state index contributed by atoms with van der Waals surface area (Å²) in [6.07, 6.45) is 3.38. The van der Waals surface area contributed by atoms with Gasteiger partial charge in [-0.3, -0.25) is 16.1 Å². The molecule has 1 fully saturated rings. The SMILES string of the molecule is C1COC1.CCCCNC(=N)NC(=N)N.Cl. The molecule has 0 bridgehead atoms. The van der Waals surface area contributed by atoms with Crippen molar-refractivity contribution < 1.29 is 4.74 Å². The second kappa shape index (κ2) is 12.1. The highest BCUT2D eigenvalue weighted by atomic mass is 35.5. The van der Waals surface area contributed by atoms with Gasteiger partial charge in [0.2, 0.25) is 0 Å². The molecule has 7 heteroatoms. The Morgan fingerprint density at radius 2 is 1.88 bits per heavy atom. The van der Waals surface area contributed by atoms with Crippen molar-refractivity contribution >= 4 is 24.3 Å². The average molecular weight is 252 g/mol.